The molecule has 5 nitrogen and oxygen atoms in total. The Bertz CT molecular complexity index is 520. The van der Waals surface area contributed by atoms with Crippen molar-refractivity contribution in [2.45, 2.75) is 25.3 Å². The van der Waals surface area contributed by atoms with Gasteiger partial charge in [0.25, 0.3) is 0 Å². The van der Waals surface area contributed by atoms with Crippen molar-refractivity contribution in [1.29, 1.82) is 0 Å². The normalized spacial score (nSPS) is 20.6. The first-order valence-corrected chi connectivity index (χ1v) is 6.47. The Hall–Kier alpha value is -1.75. The first-order chi connectivity index (χ1) is 8.92. The third kappa shape index (κ3) is 2.56. The minimum atomic E-state index is 0.453. The van der Waals surface area contributed by atoms with Gasteiger partial charge in [-0.15, -0.1) is 0 Å². The number of hydrogen-bond acceptors (Lipinski definition) is 5. The van der Waals surface area contributed by atoms with Crippen LogP contribution in [0, 0.1) is 0 Å². The molecule has 0 radical (unpaired) electrons. The summed E-state index contributed by atoms with van der Waals surface area (Å²) in [5.41, 5.74) is 1.53. The Labute approximate surface area is 106 Å². The molecule has 0 amide bonds. The van der Waals surface area contributed by atoms with E-state index >= 15 is 0 Å². The summed E-state index contributed by atoms with van der Waals surface area (Å²) in [6.45, 7) is 2.12. The quantitative estimate of drug-likeness (QED) is 0.838. The second kappa shape index (κ2) is 5.27. The van der Waals surface area contributed by atoms with Crippen LogP contribution in [0.15, 0.2) is 24.5 Å². The van der Waals surface area contributed by atoms with Gasteiger partial charge in [0.15, 0.2) is 5.65 Å². The van der Waals surface area contributed by atoms with Crippen LogP contribution in [0.3, 0.4) is 0 Å². The second-order valence-corrected chi connectivity index (χ2v) is 4.64. The Kier molecular flexibility index (Phi) is 3.32. The highest BCUT2D eigenvalue weighted by molar-refractivity contribution is 5.71. The van der Waals surface area contributed by atoms with Crippen LogP contribution in [0.4, 0.5) is 5.82 Å². The van der Waals surface area contributed by atoms with Crippen molar-refractivity contribution in [2.75, 3.05) is 18.4 Å². The number of fused-ring (bicyclic) bond motifs is 1. The SMILES string of the molecule is c1cnc2nc(NC3CCCCNC3)ccc2n1. The molecule has 1 aliphatic rings. The minimum Gasteiger partial charge on any atom is -0.366 e. The highest BCUT2D eigenvalue weighted by Crippen LogP contribution is 2.13. The lowest BCUT2D eigenvalue weighted by Gasteiger charge is -2.16. The van der Waals surface area contributed by atoms with Crippen molar-refractivity contribution < 1.29 is 0 Å². The van der Waals surface area contributed by atoms with Crippen molar-refractivity contribution >= 4 is 17.0 Å². The van der Waals surface area contributed by atoms with Crippen molar-refractivity contribution in [3.63, 3.8) is 0 Å². The van der Waals surface area contributed by atoms with Crippen LogP contribution in [0.5, 0.6) is 0 Å². The lowest BCUT2D eigenvalue weighted by atomic mass is 10.1. The minimum absolute atomic E-state index is 0.453. The van der Waals surface area contributed by atoms with E-state index < -0.39 is 0 Å². The van der Waals surface area contributed by atoms with Gasteiger partial charge in [0.05, 0.1) is 0 Å². The summed E-state index contributed by atoms with van der Waals surface area (Å²) in [6.07, 6.45) is 7.07. The first-order valence-electron chi connectivity index (χ1n) is 6.47. The Morgan fingerprint density at radius 2 is 2.11 bits per heavy atom. The fourth-order valence-electron chi connectivity index (χ4n) is 2.29. The molecule has 2 N–H and O–H groups in total. The predicted octanol–water partition coefficient (Wildman–Crippen LogP) is 1.58. The molecular formula is C13H17N5. The molecule has 0 spiro atoms. The van der Waals surface area contributed by atoms with E-state index in [1.54, 1.807) is 12.4 Å². The summed E-state index contributed by atoms with van der Waals surface area (Å²) >= 11 is 0. The van der Waals surface area contributed by atoms with E-state index in [4.69, 9.17) is 0 Å². The van der Waals surface area contributed by atoms with E-state index in [9.17, 15) is 0 Å². The van der Waals surface area contributed by atoms with E-state index in [1.807, 2.05) is 12.1 Å². The zero-order valence-corrected chi connectivity index (χ0v) is 10.3. The Balaban J connectivity index is 1.77. The van der Waals surface area contributed by atoms with Crippen LogP contribution in [0.2, 0.25) is 0 Å². The molecule has 5 heteroatoms. The molecule has 1 unspecified atom stereocenters. The number of anilines is 1. The van der Waals surface area contributed by atoms with Crippen molar-refractivity contribution in [1.82, 2.24) is 20.3 Å². The first kappa shape index (κ1) is 11.3. The van der Waals surface area contributed by atoms with Crippen LogP contribution >= 0.6 is 0 Å². The topological polar surface area (TPSA) is 62.7 Å². The van der Waals surface area contributed by atoms with Crippen LogP contribution in [-0.2, 0) is 0 Å². The van der Waals surface area contributed by atoms with Gasteiger partial charge in [-0.1, -0.05) is 6.42 Å². The molecule has 0 aromatic carbocycles. The average Bonchev–Trinajstić information content (AvgIpc) is 2.67. The maximum atomic E-state index is 4.49. The molecule has 2 aromatic rings. The zero-order valence-electron chi connectivity index (χ0n) is 10.3. The molecule has 94 valence electrons. The average molecular weight is 243 g/mol. The fourth-order valence-corrected chi connectivity index (χ4v) is 2.29. The van der Waals surface area contributed by atoms with Crippen LogP contribution < -0.4 is 10.6 Å². The predicted molar refractivity (Wildman–Crippen MR) is 71.5 cm³/mol. The molecule has 1 fully saturated rings. The van der Waals surface area contributed by atoms with Gasteiger partial charge >= 0.3 is 0 Å². The van der Waals surface area contributed by atoms with E-state index in [-0.39, 0.29) is 0 Å². The van der Waals surface area contributed by atoms with E-state index in [0.717, 1.165) is 24.4 Å². The van der Waals surface area contributed by atoms with Gasteiger partial charge < -0.3 is 10.6 Å². The smallest absolute Gasteiger partial charge is 0.180 e. The maximum absolute atomic E-state index is 4.49. The number of pyridine rings is 1. The van der Waals surface area contributed by atoms with Gasteiger partial charge in [-0.2, -0.15) is 0 Å². The lowest BCUT2D eigenvalue weighted by molar-refractivity contribution is 0.634. The molecule has 0 aliphatic carbocycles. The molecule has 0 bridgehead atoms. The highest BCUT2D eigenvalue weighted by Gasteiger charge is 2.12. The second-order valence-electron chi connectivity index (χ2n) is 4.64. The van der Waals surface area contributed by atoms with Crippen molar-refractivity contribution in [3.8, 4) is 0 Å². The molecule has 3 rings (SSSR count). The number of aromatic nitrogens is 3. The summed E-state index contributed by atoms with van der Waals surface area (Å²) in [5, 5.41) is 6.91. The summed E-state index contributed by atoms with van der Waals surface area (Å²) in [7, 11) is 0. The molecule has 0 saturated carbocycles. The summed E-state index contributed by atoms with van der Waals surface area (Å²) in [4.78, 5) is 12.9. The molecule has 1 saturated heterocycles. The summed E-state index contributed by atoms with van der Waals surface area (Å²) in [5.74, 6) is 0.886. The molecule has 3 heterocycles. The number of nitrogens with one attached hydrogen (secondary N) is 2. The van der Waals surface area contributed by atoms with Crippen LogP contribution in [0.25, 0.3) is 11.2 Å². The van der Waals surface area contributed by atoms with Gasteiger partial charge in [0.1, 0.15) is 11.3 Å². The number of rotatable bonds is 2. The Morgan fingerprint density at radius 3 is 3.11 bits per heavy atom. The highest BCUT2D eigenvalue weighted by atomic mass is 15.1. The van der Waals surface area contributed by atoms with Gasteiger partial charge in [0, 0.05) is 25.0 Å². The molecule has 1 aliphatic heterocycles. The van der Waals surface area contributed by atoms with Crippen molar-refractivity contribution in [2.24, 2.45) is 0 Å². The molecule has 1 atom stereocenters. The molecule has 18 heavy (non-hydrogen) atoms. The molecule has 2 aromatic heterocycles. The zero-order chi connectivity index (χ0) is 12.2. The van der Waals surface area contributed by atoms with E-state index in [0.29, 0.717) is 11.7 Å². The number of nitrogens with zero attached hydrogens (tertiary/aromatic N) is 3. The van der Waals surface area contributed by atoms with E-state index in [2.05, 4.69) is 25.6 Å². The van der Waals surface area contributed by atoms with Gasteiger partial charge in [-0.25, -0.2) is 9.97 Å². The third-order valence-corrected chi connectivity index (χ3v) is 3.23. The van der Waals surface area contributed by atoms with Crippen LogP contribution in [0.1, 0.15) is 19.3 Å². The van der Waals surface area contributed by atoms with Crippen LogP contribution in [-0.4, -0.2) is 34.1 Å². The van der Waals surface area contributed by atoms with Gasteiger partial charge in [0.2, 0.25) is 0 Å². The summed E-state index contributed by atoms with van der Waals surface area (Å²) in [6, 6.07) is 4.39. The van der Waals surface area contributed by atoms with Gasteiger partial charge in [-0.05, 0) is 31.5 Å². The monoisotopic (exact) mass is 243 g/mol. The fraction of sp³-hybridized carbons (Fsp3) is 0.462. The standard InChI is InChI=1S/C13H17N5/c1-2-6-14-9-10(3-1)17-12-5-4-11-13(18-12)16-8-7-15-11/h4-5,7-8,10,14H,1-3,6,9H2,(H,16,17,18). The Morgan fingerprint density at radius 1 is 1.17 bits per heavy atom. The molecular weight excluding hydrogens is 226 g/mol. The number of hydrogen-bond donors (Lipinski definition) is 2. The maximum Gasteiger partial charge on any atom is 0.180 e. The largest absolute Gasteiger partial charge is 0.366 e. The van der Waals surface area contributed by atoms with Crippen molar-refractivity contribution in [3.05, 3.63) is 24.5 Å². The lowest BCUT2D eigenvalue weighted by Crippen LogP contribution is -2.31. The summed E-state index contributed by atoms with van der Waals surface area (Å²) < 4.78 is 0. The van der Waals surface area contributed by atoms with Gasteiger partial charge in [-0.3, -0.25) is 4.98 Å². The third-order valence-electron chi connectivity index (χ3n) is 3.23. The van der Waals surface area contributed by atoms with E-state index in [1.165, 1.54) is 19.3 Å².